The van der Waals surface area contributed by atoms with E-state index in [9.17, 15) is 22.8 Å². The normalized spacial score (nSPS) is 22.2. The average molecular weight is 613 g/mol. The monoisotopic (exact) mass is 611 g/mol. The molecule has 2 aromatic rings. The van der Waals surface area contributed by atoms with E-state index in [-0.39, 0.29) is 35.6 Å². The van der Waals surface area contributed by atoms with E-state index < -0.39 is 23.7 Å². The van der Waals surface area contributed by atoms with Gasteiger partial charge in [-0.25, -0.2) is 0 Å². The molecule has 2 aliphatic heterocycles. The maximum Gasteiger partial charge on any atom is 0.419 e. The number of carbonyl (C=O) groups excluding carboxylic acids is 2. The second kappa shape index (κ2) is 12.0. The van der Waals surface area contributed by atoms with Gasteiger partial charge in [-0.3, -0.25) is 9.59 Å². The largest absolute Gasteiger partial charge is 0.496 e. The summed E-state index contributed by atoms with van der Waals surface area (Å²) in [5.41, 5.74) is -0.317. The van der Waals surface area contributed by atoms with Gasteiger partial charge in [0.2, 0.25) is 5.91 Å². The fourth-order valence-electron chi connectivity index (χ4n) is 6.13. The minimum absolute atomic E-state index is 0.0632. The van der Waals surface area contributed by atoms with Crippen LogP contribution in [0.25, 0.3) is 0 Å². The number of nitrogens with zero attached hydrogens (tertiary/aromatic N) is 3. The van der Waals surface area contributed by atoms with Crippen molar-refractivity contribution in [1.82, 2.24) is 14.7 Å². The number of halogens is 5. The molecule has 6 nitrogen and oxygen atoms in total. The zero-order chi connectivity index (χ0) is 29.5. The number of hydrogen-bond acceptors (Lipinski definition) is 4. The van der Waals surface area contributed by atoms with Crippen molar-refractivity contribution in [2.75, 3.05) is 46.9 Å². The van der Waals surface area contributed by atoms with E-state index >= 15 is 0 Å². The SMILES string of the molecule is COc1ccc(C(=O)N(C)[C@@H]2CN(C(=O)C3CCN(CC4CC4)CC3)C[C@H]2c2ccc(Cl)c(Cl)c2)cc1C(F)(F)F. The molecule has 0 N–H and O–H groups in total. The van der Waals surface area contributed by atoms with Crippen molar-refractivity contribution in [3.63, 3.8) is 0 Å². The number of amides is 2. The average Bonchev–Trinajstić information content (AvgIpc) is 3.66. The Labute approximate surface area is 248 Å². The number of rotatable bonds is 7. The molecule has 2 atom stereocenters. The molecule has 1 aliphatic carbocycles. The molecular weight excluding hydrogens is 578 g/mol. The van der Waals surface area contributed by atoms with Crippen molar-refractivity contribution in [3.8, 4) is 5.75 Å². The lowest BCUT2D eigenvalue weighted by Gasteiger charge is -2.33. The first-order valence-corrected chi connectivity index (χ1v) is 14.7. The van der Waals surface area contributed by atoms with E-state index in [1.807, 2.05) is 6.07 Å². The van der Waals surface area contributed by atoms with Crippen LogP contribution >= 0.6 is 23.2 Å². The molecule has 2 heterocycles. The maximum atomic E-state index is 13.7. The number of methoxy groups -OCH3 is 1. The van der Waals surface area contributed by atoms with Gasteiger partial charge in [0.05, 0.1) is 28.8 Å². The fraction of sp³-hybridized carbons (Fsp3) is 0.533. The lowest BCUT2D eigenvalue weighted by Crippen LogP contribution is -2.44. The van der Waals surface area contributed by atoms with E-state index in [1.165, 1.54) is 23.8 Å². The predicted molar refractivity (Wildman–Crippen MR) is 152 cm³/mol. The molecule has 0 spiro atoms. The van der Waals surface area contributed by atoms with Gasteiger partial charge in [-0.2, -0.15) is 13.2 Å². The molecule has 222 valence electrons. The molecule has 41 heavy (non-hydrogen) atoms. The number of ether oxygens (including phenoxy) is 1. The minimum atomic E-state index is -4.69. The van der Waals surface area contributed by atoms with E-state index in [0.717, 1.165) is 63.2 Å². The number of benzene rings is 2. The predicted octanol–water partition coefficient (Wildman–Crippen LogP) is 6.21. The van der Waals surface area contributed by atoms with Crippen molar-refractivity contribution >= 4 is 35.0 Å². The van der Waals surface area contributed by atoms with Crippen LogP contribution in [0.3, 0.4) is 0 Å². The highest BCUT2D eigenvalue weighted by Crippen LogP contribution is 2.39. The molecule has 2 saturated heterocycles. The van der Waals surface area contributed by atoms with Gasteiger partial charge in [0.15, 0.2) is 0 Å². The summed E-state index contributed by atoms with van der Waals surface area (Å²) < 4.78 is 45.9. The second-order valence-electron chi connectivity index (χ2n) is 11.4. The minimum Gasteiger partial charge on any atom is -0.496 e. The van der Waals surface area contributed by atoms with Gasteiger partial charge in [0.1, 0.15) is 5.75 Å². The molecular formula is C30H34Cl2F3N3O3. The van der Waals surface area contributed by atoms with Crippen LogP contribution in [0, 0.1) is 11.8 Å². The quantitative estimate of drug-likeness (QED) is 0.373. The van der Waals surface area contributed by atoms with Crippen LogP contribution < -0.4 is 4.74 Å². The smallest absolute Gasteiger partial charge is 0.419 e. The summed E-state index contributed by atoms with van der Waals surface area (Å²) in [5.74, 6) is -0.441. The van der Waals surface area contributed by atoms with Crippen molar-refractivity contribution in [1.29, 1.82) is 0 Å². The van der Waals surface area contributed by atoms with Gasteiger partial charge in [-0.15, -0.1) is 0 Å². The highest BCUT2D eigenvalue weighted by atomic mass is 35.5. The van der Waals surface area contributed by atoms with Crippen molar-refractivity contribution in [2.24, 2.45) is 11.8 Å². The number of alkyl halides is 3. The lowest BCUT2D eigenvalue weighted by atomic mass is 9.93. The fourth-order valence-corrected chi connectivity index (χ4v) is 6.44. The number of piperidine rings is 1. The molecule has 3 aliphatic rings. The number of likely N-dealkylation sites (tertiary alicyclic amines) is 2. The van der Waals surface area contributed by atoms with Crippen LogP contribution in [0.1, 0.15) is 53.1 Å². The summed E-state index contributed by atoms with van der Waals surface area (Å²) in [7, 11) is 2.72. The molecule has 0 radical (unpaired) electrons. The highest BCUT2D eigenvalue weighted by Gasteiger charge is 2.43. The first-order chi connectivity index (χ1) is 19.5. The Hall–Kier alpha value is -2.49. The standard InChI is InChI=1S/C30H34Cl2F3N3O3/c1-36(28(39)21-6-8-27(41-2)23(13-21)30(33,34)35)26-17-38(16-22(26)20-5-7-24(31)25(32)14-20)29(40)19-9-11-37(12-10-19)15-18-3-4-18/h5-8,13-14,18-19,22,26H,3-4,9-12,15-17H2,1-2H3/t22-,26+/m0/s1. The Morgan fingerprint density at radius 1 is 1.00 bits per heavy atom. The van der Waals surface area contributed by atoms with Crippen molar-refractivity contribution in [3.05, 3.63) is 63.1 Å². The summed E-state index contributed by atoms with van der Waals surface area (Å²) >= 11 is 12.5. The summed E-state index contributed by atoms with van der Waals surface area (Å²) in [6.07, 6.45) is -0.502. The molecule has 11 heteroatoms. The topological polar surface area (TPSA) is 53.1 Å². The van der Waals surface area contributed by atoms with Crippen LogP contribution in [0.5, 0.6) is 5.75 Å². The Bertz CT molecular complexity index is 1300. The summed E-state index contributed by atoms with van der Waals surface area (Å²) in [6.45, 7) is 3.56. The number of carbonyl (C=O) groups is 2. The van der Waals surface area contributed by atoms with E-state index in [1.54, 1.807) is 24.1 Å². The van der Waals surface area contributed by atoms with Crippen LogP contribution in [-0.2, 0) is 11.0 Å². The molecule has 0 bridgehead atoms. The lowest BCUT2D eigenvalue weighted by molar-refractivity contribution is -0.139. The zero-order valence-electron chi connectivity index (χ0n) is 23.1. The number of likely N-dealkylation sites (N-methyl/N-ethyl adjacent to an activating group) is 1. The molecule has 0 aromatic heterocycles. The van der Waals surface area contributed by atoms with Crippen LogP contribution in [-0.4, -0.2) is 79.4 Å². The Kier molecular flexibility index (Phi) is 8.79. The summed E-state index contributed by atoms with van der Waals surface area (Å²) in [5, 5.41) is 0.743. The first-order valence-electron chi connectivity index (χ1n) is 13.9. The summed E-state index contributed by atoms with van der Waals surface area (Å²) in [4.78, 5) is 33.0. The van der Waals surface area contributed by atoms with Crippen molar-refractivity contribution in [2.45, 2.75) is 43.8 Å². The third-order valence-electron chi connectivity index (χ3n) is 8.69. The molecule has 2 aromatic carbocycles. The van der Waals surface area contributed by atoms with Gasteiger partial charge in [-0.05, 0) is 80.6 Å². The molecule has 0 unspecified atom stereocenters. The third kappa shape index (κ3) is 6.62. The van der Waals surface area contributed by atoms with Gasteiger partial charge in [0, 0.05) is 44.1 Å². The van der Waals surface area contributed by atoms with Crippen LogP contribution in [0.2, 0.25) is 10.0 Å². The van der Waals surface area contributed by atoms with Gasteiger partial charge < -0.3 is 19.4 Å². The van der Waals surface area contributed by atoms with Crippen molar-refractivity contribution < 1.29 is 27.5 Å². The van der Waals surface area contributed by atoms with E-state index in [2.05, 4.69) is 4.90 Å². The molecule has 5 rings (SSSR count). The Balaban J connectivity index is 1.37. The van der Waals surface area contributed by atoms with E-state index in [0.29, 0.717) is 16.6 Å². The van der Waals surface area contributed by atoms with E-state index in [4.69, 9.17) is 27.9 Å². The Morgan fingerprint density at radius 2 is 1.71 bits per heavy atom. The first kappa shape index (κ1) is 30.0. The molecule has 2 amide bonds. The van der Waals surface area contributed by atoms with Gasteiger partial charge in [-0.1, -0.05) is 29.3 Å². The number of hydrogen-bond donors (Lipinski definition) is 0. The van der Waals surface area contributed by atoms with Gasteiger partial charge in [0.25, 0.3) is 5.91 Å². The maximum absolute atomic E-state index is 13.7. The Morgan fingerprint density at radius 3 is 2.32 bits per heavy atom. The van der Waals surface area contributed by atoms with Crippen LogP contribution in [0.4, 0.5) is 13.2 Å². The summed E-state index contributed by atoms with van der Waals surface area (Å²) in [6, 6.07) is 8.06. The molecule has 3 fully saturated rings. The second-order valence-corrected chi connectivity index (χ2v) is 12.3. The van der Waals surface area contributed by atoms with Gasteiger partial charge >= 0.3 is 6.18 Å². The molecule has 1 saturated carbocycles. The zero-order valence-corrected chi connectivity index (χ0v) is 24.6. The van der Waals surface area contributed by atoms with Crippen LogP contribution in [0.15, 0.2) is 36.4 Å². The third-order valence-corrected chi connectivity index (χ3v) is 9.43. The highest BCUT2D eigenvalue weighted by molar-refractivity contribution is 6.42.